The molecule has 0 saturated carbocycles. The average Bonchev–Trinajstić information content (AvgIpc) is 2.43. The quantitative estimate of drug-likeness (QED) is 0.890. The van der Waals surface area contributed by atoms with Crippen LogP contribution in [0.5, 0.6) is 5.75 Å². The summed E-state index contributed by atoms with van der Waals surface area (Å²) >= 11 is 7.60. The molecule has 0 radical (unpaired) electrons. The zero-order chi connectivity index (χ0) is 15.0. The van der Waals surface area contributed by atoms with Gasteiger partial charge < -0.3 is 15.1 Å². The molecule has 1 aliphatic heterocycles. The first kappa shape index (κ1) is 14.1. The van der Waals surface area contributed by atoms with Gasteiger partial charge in [-0.15, -0.1) is 0 Å². The number of carboxylic acid groups (broad SMARTS) is 1. The monoisotopic (exact) mass is 321 g/mol. The Morgan fingerprint density at radius 1 is 1.14 bits per heavy atom. The molecule has 3 rings (SSSR count). The number of nitrogens with zero attached hydrogens (tertiary/aromatic N) is 1. The molecule has 1 heterocycles. The molecule has 0 fully saturated rings. The smallest absolute Gasteiger partial charge is 0.305 e. The Hall–Kier alpha value is -1.85. The van der Waals surface area contributed by atoms with Gasteiger partial charge in [0.1, 0.15) is 5.75 Å². The van der Waals surface area contributed by atoms with Gasteiger partial charge in [0.15, 0.2) is 0 Å². The predicted octanol–water partition coefficient (Wildman–Crippen LogP) is 4.12. The van der Waals surface area contributed by atoms with Gasteiger partial charge in [-0.3, -0.25) is 4.79 Å². The van der Waals surface area contributed by atoms with Gasteiger partial charge in [-0.2, -0.15) is 0 Å². The van der Waals surface area contributed by atoms with E-state index in [1.807, 2.05) is 17.0 Å². The van der Waals surface area contributed by atoms with Crippen molar-refractivity contribution >= 4 is 40.7 Å². The van der Waals surface area contributed by atoms with Gasteiger partial charge in [-0.1, -0.05) is 23.4 Å². The van der Waals surface area contributed by atoms with Crippen LogP contribution >= 0.6 is 23.4 Å². The van der Waals surface area contributed by atoms with Crippen LogP contribution in [0, 0.1) is 0 Å². The Balaban J connectivity index is 2.08. The minimum atomic E-state index is -0.850. The zero-order valence-electron chi connectivity index (χ0n) is 10.9. The van der Waals surface area contributed by atoms with Gasteiger partial charge in [0.2, 0.25) is 0 Å². The summed E-state index contributed by atoms with van der Waals surface area (Å²) in [6, 6.07) is 10.6. The summed E-state index contributed by atoms with van der Waals surface area (Å²) < 4.78 is 0. The predicted molar refractivity (Wildman–Crippen MR) is 82.9 cm³/mol. The molecular weight excluding hydrogens is 310 g/mol. The van der Waals surface area contributed by atoms with Crippen molar-refractivity contribution in [2.75, 3.05) is 11.4 Å². The standard InChI is InChI=1S/C15H12ClNO3S/c16-9-1-4-13-12(7-9)17(6-5-15(19)20)11-3-2-10(18)8-14(11)21-13/h1-4,7-8,18H,5-6H2,(H,19,20). The Bertz CT molecular complexity index is 720. The first-order valence-corrected chi connectivity index (χ1v) is 7.54. The van der Waals surface area contributed by atoms with Crippen molar-refractivity contribution in [3.63, 3.8) is 0 Å². The minimum absolute atomic E-state index is 0.0247. The van der Waals surface area contributed by atoms with Crippen molar-refractivity contribution in [1.82, 2.24) is 0 Å². The van der Waals surface area contributed by atoms with E-state index >= 15 is 0 Å². The fourth-order valence-corrected chi connectivity index (χ4v) is 3.57. The molecule has 0 aromatic heterocycles. The van der Waals surface area contributed by atoms with E-state index in [-0.39, 0.29) is 12.2 Å². The topological polar surface area (TPSA) is 60.8 Å². The van der Waals surface area contributed by atoms with Crippen molar-refractivity contribution in [1.29, 1.82) is 0 Å². The molecule has 4 nitrogen and oxygen atoms in total. The molecule has 0 bridgehead atoms. The molecule has 0 spiro atoms. The Labute approximate surface area is 131 Å². The Morgan fingerprint density at radius 3 is 2.71 bits per heavy atom. The number of phenols is 1. The molecule has 1 aliphatic rings. The largest absolute Gasteiger partial charge is 0.508 e. The maximum absolute atomic E-state index is 10.9. The first-order chi connectivity index (χ1) is 10.0. The highest BCUT2D eigenvalue weighted by Gasteiger charge is 2.24. The van der Waals surface area contributed by atoms with E-state index < -0.39 is 5.97 Å². The fraction of sp³-hybridized carbons (Fsp3) is 0.133. The third-order valence-electron chi connectivity index (χ3n) is 3.22. The summed E-state index contributed by atoms with van der Waals surface area (Å²) in [6.45, 7) is 0.348. The molecule has 0 atom stereocenters. The third kappa shape index (κ3) is 2.80. The van der Waals surface area contributed by atoms with E-state index in [1.54, 1.807) is 24.3 Å². The number of hydrogen-bond acceptors (Lipinski definition) is 4. The third-order valence-corrected chi connectivity index (χ3v) is 4.56. The van der Waals surface area contributed by atoms with E-state index in [1.165, 1.54) is 11.8 Å². The number of carbonyl (C=O) groups is 1. The molecule has 0 unspecified atom stereocenters. The van der Waals surface area contributed by atoms with Crippen LogP contribution in [0.15, 0.2) is 46.2 Å². The van der Waals surface area contributed by atoms with Gasteiger partial charge >= 0.3 is 5.97 Å². The number of carboxylic acids is 1. The number of hydrogen-bond donors (Lipinski definition) is 2. The van der Waals surface area contributed by atoms with Gasteiger partial charge in [-0.05, 0) is 36.4 Å². The maximum Gasteiger partial charge on any atom is 0.305 e. The summed E-state index contributed by atoms with van der Waals surface area (Å²) in [5, 5.41) is 19.2. The van der Waals surface area contributed by atoms with Crippen LogP contribution in [0.2, 0.25) is 5.02 Å². The molecule has 2 aromatic rings. The first-order valence-electron chi connectivity index (χ1n) is 6.34. The van der Waals surface area contributed by atoms with E-state index in [0.29, 0.717) is 11.6 Å². The number of rotatable bonds is 3. The van der Waals surface area contributed by atoms with Crippen molar-refractivity contribution in [3.8, 4) is 5.75 Å². The van der Waals surface area contributed by atoms with Crippen molar-refractivity contribution in [2.45, 2.75) is 16.2 Å². The highest BCUT2D eigenvalue weighted by molar-refractivity contribution is 7.99. The molecule has 2 aromatic carbocycles. The number of aliphatic carboxylic acids is 1. The number of anilines is 2. The molecular formula is C15H12ClNO3S. The Kier molecular flexibility index (Phi) is 3.69. The molecule has 108 valence electrons. The highest BCUT2D eigenvalue weighted by atomic mass is 35.5. The van der Waals surface area contributed by atoms with Crippen LogP contribution in [0.3, 0.4) is 0 Å². The number of aromatic hydroxyl groups is 1. The number of benzene rings is 2. The SMILES string of the molecule is O=C(O)CCN1c2ccc(O)cc2Sc2ccc(Cl)cc21. The zero-order valence-corrected chi connectivity index (χ0v) is 12.5. The van der Waals surface area contributed by atoms with Crippen LogP contribution in [0.4, 0.5) is 11.4 Å². The molecule has 21 heavy (non-hydrogen) atoms. The summed E-state index contributed by atoms with van der Waals surface area (Å²) in [5.74, 6) is -0.658. The van der Waals surface area contributed by atoms with Crippen LogP contribution in [0.25, 0.3) is 0 Å². The molecule has 0 aliphatic carbocycles. The van der Waals surface area contributed by atoms with E-state index in [9.17, 15) is 9.90 Å². The molecule has 6 heteroatoms. The van der Waals surface area contributed by atoms with E-state index in [4.69, 9.17) is 16.7 Å². The Morgan fingerprint density at radius 2 is 1.95 bits per heavy atom. The van der Waals surface area contributed by atoms with Gasteiger partial charge in [-0.25, -0.2) is 0 Å². The fourth-order valence-electron chi connectivity index (χ4n) is 2.29. The number of fused-ring (bicyclic) bond motifs is 2. The van der Waals surface area contributed by atoms with Crippen LogP contribution < -0.4 is 4.90 Å². The van der Waals surface area contributed by atoms with Gasteiger partial charge in [0, 0.05) is 21.4 Å². The van der Waals surface area contributed by atoms with Gasteiger partial charge in [0.25, 0.3) is 0 Å². The maximum atomic E-state index is 10.9. The summed E-state index contributed by atoms with van der Waals surface area (Å²) in [4.78, 5) is 14.7. The summed E-state index contributed by atoms with van der Waals surface area (Å²) in [5.41, 5.74) is 1.78. The number of phenolic OH excluding ortho intramolecular Hbond substituents is 1. The van der Waals surface area contributed by atoms with E-state index in [0.717, 1.165) is 21.2 Å². The average molecular weight is 322 g/mol. The van der Waals surface area contributed by atoms with Crippen LogP contribution in [-0.2, 0) is 4.79 Å². The second-order valence-electron chi connectivity index (χ2n) is 4.66. The lowest BCUT2D eigenvalue weighted by molar-refractivity contribution is -0.136. The lowest BCUT2D eigenvalue weighted by atomic mass is 10.2. The summed E-state index contributed by atoms with van der Waals surface area (Å²) in [7, 11) is 0. The second-order valence-corrected chi connectivity index (χ2v) is 6.18. The van der Waals surface area contributed by atoms with E-state index in [2.05, 4.69) is 0 Å². The molecule has 2 N–H and O–H groups in total. The normalized spacial score (nSPS) is 12.7. The minimum Gasteiger partial charge on any atom is -0.508 e. The lowest BCUT2D eigenvalue weighted by Gasteiger charge is -2.32. The van der Waals surface area contributed by atoms with Crippen molar-refractivity contribution in [2.24, 2.45) is 0 Å². The number of halogens is 1. The van der Waals surface area contributed by atoms with Crippen molar-refractivity contribution in [3.05, 3.63) is 41.4 Å². The molecule has 0 amide bonds. The molecule has 0 saturated heterocycles. The second kappa shape index (κ2) is 5.50. The van der Waals surface area contributed by atoms with Gasteiger partial charge in [0.05, 0.1) is 17.8 Å². The summed E-state index contributed by atoms with van der Waals surface area (Å²) in [6.07, 6.45) is 0.0247. The highest BCUT2D eigenvalue weighted by Crippen LogP contribution is 2.49. The lowest BCUT2D eigenvalue weighted by Crippen LogP contribution is -2.23. The van der Waals surface area contributed by atoms with Crippen LogP contribution in [-0.4, -0.2) is 22.7 Å². The van der Waals surface area contributed by atoms with Crippen molar-refractivity contribution < 1.29 is 15.0 Å². The van der Waals surface area contributed by atoms with Crippen LogP contribution in [0.1, 0.15) is 6.42 Å².